The fraction of sp³-hybridized carbons (Fsp3) is 0.278. The van der Waals surface area contributed by atoms with Crippen LogP contribution in [0.15, 0.2) is 58.0 Å². The lowest BCUT2D eigenvalue weighted by molar-refractivity contribution is -0.118. The molecule has 1 amide bonds. The van der Waals surface area contributed by atoms with Crippen molar-refractivity contribution in [3.05, 3.63) is 47.7 Å². The van der Waals surface area contributed by atoms with E-state index >= 15 is 0 Å². The Morgan fingerprint density at radius 1 is 1.36 bits per heavy atom. The second-order valence-electron chi connectivity index (χ2n) is 5.61. The van der Waals surface area contributed by atoms with E-state index in [9.17, 15) is 4.79 Å². The average Bonchev–Trinajstić information content (AvgIpc) is 3.07. The number of hydrogen-bond acceptors (Lipinski definition) is 5. The highest BCUT2D eigenvalue weighted by Gasteiger charge is 2.10. The van der Waals surface area contributed by atoms with Gasteiger partial charge in [-0.2, -0.15) is 5.10 Å². The molecule has 0 spiro atoms. The third kappa shape index (κ3) is 4.51. The van der Waals surface area contributed by atoms with Crippen molar-refractivity contribution in [3.8, 4) is 0 Å². The van der Waals surface area contributed by atoms with Crippen LogP contribution in [-0.2, 0) is 9.53 Å². The first-order valence-electron chi connectivity index (χ1n) is 8.00. The summed E-state index contributed by atoms with van der Waals surface area (Å²) in [6, 6.07) is 7.78. The lowest BCUT2D eigenvalue weighted by Gasteiger charge is -2.13. The van der Waals surface area contributed by atoms with Crippen LogP contribution in [0.4, 0.5) is 0 Å². The second-order valence-corrected chi connectivity index (χ2v) is 6.57. The number of carbonyl (C=O) groups is 1. The van der Waals surface area contributed by atoms with Gasteiger partial charge >= 0.3 is 0 Å². The Balaban J connectivity index is 1.52. The lowest BCUT2D eigenvalue weighted by Crippen LogP contribution is -2.21. The number of carbonyl (C=O) groups excluding carboxylic acids is 1. The van der Waals surface area contributed by atoms with Crippen molar-refractivity contribution in [2.24, 2.45) is 5.10 Å². The monoisotopic (exact) mass is 356 g/mol. The van der Waals surface area contributed by atoms with E-state index in [-0.39, 0.29) is 11.7 Å². The molecule has 1 heterocycles. The van der Waals surface area contributed by atoms with Gasteiger partial charge in [0, 0.05) is 6.42 Å². The topological polar surface area (TPSA) is 79.4 Å². The van der Waals surface area contributed by atoms with Gasteiger partial charge in [0.25, 0.3) is 5.91 Å². The highest BCUT2D eigenvalue weighted by molar-refractivity contribution is 7.99. The van der Waals surface area contributed by atoms with E-state index in [1.54, 1.807) is 7.11 Å². The zero-order valence-electron chi connectivity index (χ0n) is 14.2. The predicted molar refractivity (Wildman–Crippen MR) is 100 cm³/mol. The van der Waals surface area contributed by atoms with E-state index < -0.39 is 0 Å². The van der Waals surface area contributed by atoms with Gasteiger partial charge in [-0.1, -0.05) is 30.0 Å². The molecule has 25 heavy (non-hydrogen) atoms. The molecule has 0 atom stereocenters. The summed E-state index contributed by atoms with van der Waals surface area (Å²) in [5.74, 6) is 1.06. The summed E-state index contributed by atoms with van der Waals surface area (Å²) >= 11 is 1.36. The number of allylic oxidation sites excluding steroid dienone is 4. The molecular formula is C18H20N4O2S. The van der Waals surface area contributed by atoms with Crippen LogP contribution in [0.5, 0.6) is 0 Å². The molecule has 0 saturated carbocycles. The average molecular weight is 356 g/mol. The van der Waals surface area contributed by atoms with Gasteiger partial charge in [-0.3, -0.25) is 4.79 Å². The van der Waals surface area contributed by atoms with E-state index in [0.29, 0.717) is 0 Å². The maximum Gasteiger partial charge on any atom is 0.250 e. The predicted octanol–water partition coefficient (Wildman–Crippen LogP) is 3.40. The first kappa shape index (κ1) is 17.3. The van der Waals surface area contributed by atoms with E-state index in [2.05, 4.69) is 20.5 Å². The smallest absolute Gasteiger partial charge is 0.250 e. The Hall–Kier alpha value is -2.54. The van der Waals surface area contributed by atoms with Gasteiger partial charge in [-0.25, -0.2) is 10.4 Å². The summed E-state index contributed by atoms with van der Waals surface area (Å²) in [5.41, 5.74) is 6.38. The Morgan fingerprint density at radius 3 is 2.92 bits per heavy atom. The van der Waals surface area contributed by atoms with E-state index in [0.717, 1.165) is 46.1 Å². The molecule has 3 rings (SSSR count). The van der Waals surface area contributed by atoms with Crippen LogP contribution < -0.4 is 5.43 Å². The number of imidazole rings is 1. The van der Waals surface area contributed by atoms with Crippen LogP contribution in [-0.4, -0.2) is 34.4 Å². The number of hydrazone groups is 1. The lowest BCUT2D eigenvalue weighted by atomic mass is 10.0. The number of methoxy groups -OCH3 is 1. The van der Waals surface area contributed by atoms with Gasteiger partial charge in [-0.15, -0.1) is 0 Å². The quantitative estimate of drug-likeness (QED) is 0.472. The molecule has 130 valence electrons. The number of thioether (sulfide) groups is 1. The number of aromatic amines is 1. The van der Waals surface area contributed by atoms with E-state index in [4.69, 9.17) is 4.74 Å². The van der Waals surface area contributed by atoms with Crippen molar-refractivity contribution in [3.63, 3.8) is 0 Å². The summed E-state index contributed by atoms with van der Waals surface area (Å²) in [4.78, 5) is 19.6. The normalized spacial score (nSPS) is 14.9. The number of H-pyrrole nitrogens is 1. The molecule has 7 heteroatoms. The SMILES string of the molecule is COC1=CC=C(/C(C)=N\NC(=O)CSc2nc3ccccc3[nH]2)CC1. The third-order valence-electron chi connectivity index (χ3n) is 3.89. The number of hydrogen-bond donors (Lipinski definition) is 2. The number of nitrogens with zero attached hydrogens (tertiary/aromatic N) is 2. The maximum absolute atomic E-state index is 12.0. The van der Waals surface area contributed by atoms with Crippen molar-refractivity contribution in [1.29, 1.82) is 0 Å². The summed E-state index contributed by atoms with van der Waals surface area (Å²) in [6.07, 6.45) is 5.64. The number of rotatable bonds is 6. The standard InChI is InChI=1S/C18H20N4O2S/c1-12(13-7-9-14(24-2)10-8-13)21-22-17(23)11-25-18-19-15-5-3-4-6-16(15)20-18/h3-7,9H,8,10-11H2,1-2H3,(H,19,20)(H,22,23)/b21-12-. The van der Waals surface area contributed by atoms with Crippen molar-refractivity contribution >= 4 is 34.4 Å². The fourth-order valence-electron chi connectivity index (χ4n) is 2.47. The van der Waals surface area contributed by atoms with Crippen LogP contribution in [0, 0.1) is 0 Å². The molecule has 2 N–H and O–H groups in total. The van der Waals surface area contributed by atoms with Crippen LogP contribution in [0.25, 0.3) is 11.0 Å². The Bertz CT molecular complexity index is 834. The first-order valence-corrected chi connectivity index (χ1v) is 8.99. The van der Waals surface area contributed by atoms with Gasteiger partial charge in [0.15, 0.2) is 5.16 Å². The molecule has 2 aromatic rings. The molecule has 0 saturated heterocycles. The number of ether oxygens (including phenoxy) is 1. The van der Waals surface area contributed by atoms with Crippen LogP contribution in [0.2, 0.25) is 0 Å². The molecule has 0 aliphatic heterocycles. The Kier molecular flexibility index (Phi) is 5.55. The number of fused-ring (bicyclic) bond motifs is 1. The fourth-order valence-corrected chi connectivity index (χ4v) is 3.15. The molecule has 6 nitrogen and oxygen atoms in total. The van der Waals surface area contributed by atoms with Crippen LogP contribution >= 0.6 is 11.8 Å². The van der Waals surface area contributed by atoms with Gasteiger partial charge in [0.2, 0.25) is 0 Å². The number of benzene rings is 1. The van der Waals surface area contributed by atoms with Crippen molar-refractivity contribution < 1.29 is 9.53 Å². The molecule has 0 bridgehead atoms. The van der Waals surface area contributed by atoms with Crippen LogP contribution in [0.3, 0.4) is 0 Å². The number of nitrogens with one attached hydrogen (secondary N) is 2. The number of amides is 1. The van der Waals surface area contributed by atoms with Gasteiger partial charge < -0.3 is 9.72 Å². The molecule has 0 radical (unpaired) electrons. The maximum atomic E-state index is 12.0. The van der Waals surface area contributed by atoms with E-state index in [1.165, 1.54) is 11.8 Å². The van der Waals surface area contributed by atoms with Crippen molar-refractivity contribution in [1.82, 2.24) is 15.4 Å². The van der Waals surface area contributed by atoms with Gasteiger partial charge in [-0.05, 0) is 37.1 Å². The highest BCUT2D eigenvalue weighted by atomic mass is 32.2. The van der Waals surface area contributed by atoms with Crippen molar-refractivity contribution in [2.75, 3.05) is 12.9 Å². The molecular weight excluding hydrogens is 336 g/mol. The molecule has 1 aromatic carbocycles. The zero-order chi connectivity index (χ0) is 17.6. The minimum absolute atomic E-state index is 0.158. The first-order chi connectivity index (χ1) is 12.2. The van der Waals surface area contributed by atoms with Crippen LogP contribution in [0.1, 0.15) is 19.8 Å². The number of aromatic nitrogens is 2. The minimum atomic E-state index is -0.158. The van der Waals surface area contributed by atoms with E-state index in [1.807, 2.05) is 43.3 Å². The Labute approximate surface area is 150 Å². The molecule has 0 fully saturated rings. The van der Waals surface area contributed by atoms with Gasteiger partial charge in [0.05, 0.1) is 35.4 Å². The number of para-hydroxylation sites is 2. The summed E-state index contributed by atoms with van der Waals surface area (Å²) in [7, 11) is 1.67. The summed E-state index contributed by atoms with van der Waals surface area (Å²) in [5, 5.41) is 4.91. The molecule has 0 unspecified atom stereocenters. The van der Waals surface area contributed by atoms with Crippen molar-refractivity contribution in [2.45, 2.75) is 24.9 Å². The summed E-state index contributed by atoms with van der Waals surface area (Å²) in [6.45, 7) is 1.89. The molecule has 1 aliphatic rings. The Morgan fingerprint density at radius 2 is 2.20 bits per heavy atom. The molecule has 1 aromatic heterocycles. The zero-order valence-corrected chi connectivity index (χ0v) is 15.0. The highest BCUT2D eigenvalue weighted by Crippen LogP contribution is 2.20. The minimum Gasteiger partial charge on any atom is -0.501 e. The second kappa shape index (κ2) is 8.02. The largest absolute Gasteiger partial charge is 0.501 e. The third-order valence-corrected chi connectivity index (χ3v) is 4.77. The summed E-state index contributed by atoms with van der Waals surface area (Å²) < 4.78 is 5.21. The molecule has 1 aliphatic carbocycles. The van der Waals surface area contributed by atoms with Gasteiger partial charge in [0.1, 0.15) is 0 Å².